The van der Waals surface area contributed by atoms with Crippen LogP contribution >= 0.6 is 0 Å². The fourth-order valence-electron chi connectivity index (χ4n) is 5.01. The van der Waals surface area contributed by atoms with Crippen molar-refractivity contribution >= 4 is 17.5 Å². The number of unbranched alkanes of at least 4 members (excludes halogenated alkanes) is 8. The van der Waals surface area contributed by atoms with Crippen molar-refractivity contribution in [3.8, 4) is 11.5 Å². The van der Waals surface area contributed by atoms with E-state index in [0.29, 0.717) is 19.3 Å². The zero-order valence-corrected chi connectivity index (χ0v) is 24.7. The first-order chi connectivity index (χ1) is 19.7. The predicted molar refractivity (Wildman–Crippen MR) is 162 cm³/mol. The molecule has 0 aliphatic rings. The van der Waals surface area contributed by atoms with Crippen LogP contribution in [0.1, 0.15) is 117 Å². The van der Waals surface area contributed by atoms with Crippen LogP contribution in [0.2, 0.25) is 0 Å². The van der Waals surface area contributed by atoms with Gasteiger partial charge in [0.25, 0.3) is 0 Å². The second-order valence-corrected chi connectivity index (χ2v) is 10.7. The molecule has 0 aromatic heterocycles. The fourth-order valence-corrected chi connectivity index (χ4v) is 5.01. The molecule has 7 heteroatoms. The third kappa shape index (κ3) is 11.2. The number of benzene rings is 2. The molecule has 0 aliphatic heterocycles. The van der Waals surface area contributed by atoms with Gasteiger partial charge in [-0.1, -0.05) is 94.4 Å². The summed E-state index contributed by atoms with van der Waals surface area (Å²) in [5.41, 5.74) is 5.08. The summed E-state index contributed by atoms with van der Waals surface area (Å²) >= 11 is 0. The van der Waals surface area contributed by atoms with Crippen LogP contribution in [0.5, 0.6) is 11.5 Å². The normalized spacial score (nSPS) is 12.8. The number of carbonyl (C=O) groups excluding carboxylic acids is 3. The van der Waals surface area contributed by atoms with Gasteiger partial charge in [0, 0.05) is 19.3 Å². The van der Waals surface area contributed by atoms with E-state index >= 15 is 0 Å². The lowest BCUT2D eigenvalue weighted by Crippen LogP contribution is -2.39. The Balaban J connectivity index is 1.76. The number of amides is 1. The Labute approximate surface area is 244 Å². The second kappa shape index (κ2) is 18.1. The Hall–Kier alpha value is -3.45. The minimum absolute atomic E-state index is 0.0206. The van der Waals surface area contributed by atoms with Gasteiger partial charge in [0.1, 0.15) is 5.60 Å². The molecule has 41 heavy (non-hydrogen) atoms. The third-order valence-corrected chi connectivity index (χ3v) is 7.45. The van der Waals surface area contributed by atoms with Gasteiger partial charge in [-0.3, -0.25) is 14.4 Å². The highest BCUT2D eigenvalue weighted by atomic mass is 16.5. The van der Waals surface area contributed by atoms with Crippen molar-refractivity contribution in [2.75, 3.05) is 7.11 Å². The number of carbonyl (C=O) groups is 3. The molecular formula is C34H47NO6. The molecule has 4 N–H and O–H groups in total. The summed E-state index contributed by atoms with van der Waals surface area (Å²) in [7, 11) is 1.34. The monoisotopic (exact) mass is 565 g/mol. The molecule has 2 aromatic rings. The van der Waals surface area contributed by atoms with Crippen LogP contribution in [0.4, 0.5) is 0 Å². The highest BCUT2D eigenvalue weighted by molar-refractivity contribution is 6.10. The average molecular weight is 566 g/mol. The highest BCUT2D eigenvalue weighted by Crippen LogP contribution is 2.34. The molecule has 7 nitrogen and oxygen atoms in total. The third-order valence-electron chi connectivity index (χ3n) is 7.45. The lowest BCUT2D eigenvalue weighted by atomic mass is 9.85. The zero-order valence-electron chi connectivity index (χ0n) is 24.7. The molecule has 0 fully saturated rings. The number of ketones is 2. The largest absolute Gasteiger partial charge is 0.504 e. The number of Topliss-reactive ketones (excluding diaryl/α,β-unsaturated/α-hetero) is 2. The zero-order chi connectivity index (χ0) is 30.1. The number of primary amides is 1. The molecular weight excluding hydrogens is 518 g/mol. The highest BCUT2D eigenvalue weighted by Gasteiger charge is 2.33. The first kappa shape index (κ1) is 33.8. The van der Waals surface area contributed by atoms with Crippen LogP contribution < -0.4 is 10.5 Å². The Bertz CT molecular complexity index is 1140. The van der Waals surface area contributed by atoms with Gasteiger partial charge >= 0.3 is 0 Å². The van der Waals surface area contributed by atoms with E-state index in [9.17, 15) is 24.6 Å². The second-order valence-electron chi connectivity index (χ2n) is 10.7. The maximum absolute atomic E-state index is 13.1. The Morgan fingerprint density at radius 3 is 2.27 bits per heavy atom. The number of phenolic OH excluding ortho intramolecular Hbond substituents is 1. The van der Waals surface area contributed by atoms with Crippen molar-refractivity contribution < 1.29 is 29.3 Å². The van der Waals surface area contributed by atoms with Gasteiger partial charge in [-0.25, -0.2) is 0 Å². The van der Waals surface area contributed by atoms with Crippen LogP contribution in [0.25, 0.3) is 0 Å². The van der Waals surface area contributed by atoms with Crippen molar-refractivity contribution in [1.82, 2.24) is 0 Å². The van der Waals surface area contributed by atoms with Gasteiger partial charge in [-0.15, -0.1) is 0 Å². The molecule has 0 spiro atoms. The number of nitrogens with two attached hydrogens (primary N) is 1. The molecule has 1 amide bonds. The number of methoxy groups -OCH3 is 1. The van der Waals surface area contributed by atoms with Gasteiger partial charge in [0.15, 0.2) is 23.1 Å². The van der Waals surface area contributed by atoms with E-state index in [4.69, 9.17) is 10.5 Å². The Kier molecular flexibility index (Phi) is 14.9. The number of aliphatic hydroxyl groups is 1. The van der Waals surface area contributed by atoms with Crippen LogP contribution in [0.15, 0.2) is 54.6 Å². The lowest BCUT2D eigenvalue weighted by molar-refractivity contribution is -0.137. The van der Waals surface area contributed by atoms with E-state index < -0.39 is 11.5 Å². The van der Waals surface area contributed by atoms with Crippen molar-refractivity contribution in [2.24, 2.45) is 5.73 Å². The van der Waals surface area contributed by atoms with Gasteiger partial charge in [0.05, 0.1) is 18.2 Å². The van der Waals surface area contributed by atoms with Crippen molar-refractivity contribution in [1.29, 1.82) is 0 Å². The number of phenols is 1. The molecule has 0 unspecified atom stereocenters. The topological polar surface area (TPSA) is 127 Å². The van der Waals surface area contributed by atoms with E-state index in [0.717, 1.165) is 63.4 Å². The molecule has 0 radical (unpaired) electrons. The van der Waals surface area contributed by atoms with Crippen molar-refractivity contribution in [3.63, 3.8) is 0 Å². The average Bonchev–Trinajstić information content (AvgIpc) is 2.96. The summed E-state index contributed by atoms with van der Waals surface area (Å²) in [5, 5.41) is 21.3. The lowest BCUT2D eigenvalue weighted by Gasteiger charge is -2.26. The number of hydrogen-bond acceptors (Lipinski definition) is 6. The van der Waals surface area contributed by atoms with Gasteiger partial charge in [-0.2, -0.15) is 0 Å². The number of allylic oxidation sites excluding steroid dienone is 1. The van der Waals surface area contributed by atoms with E-state index in [2.05, 4.69) is 13.0 Å². The van der Waals surface area contributed by atoms with Crippen LogP contribution in [-0.2, 0) is 11.2 Å². The van der Waals surface area contributed by atoms with Crippen LogP contribution in [0, 0.1) is 0 Å². The minimum Gasteiger partial charge on any atom is -0.504 e. The molecule has 224 valence electrons. The predicted octanol–water partition coefficient (Wildman–Crippen LogP) is 6.87. The molecule has 1 atom stereocenters. The van der Waals surface area contributed by atoms with Crippen molar-refractivity contribution in [2.45, 2.75) is 102 Å². The van der Waals surface area contributed by atoms with Crippen LogP contribution in [0.3, 0.4) is 0 Å². The molecule has 2 aromatic carbocycles. The molecule has 2 rings (SSSR count). The first-order valence-electron chi connectivity index (χ1n) is 14.9. The van der Waals surface area contributed by atoms with Crippen molar-refractivity contribution in [3.05, 3.63) is 71.3 Å². The van der Waals surface area contributed by atoms with E-state index in [1.54, 1.807) is 0 Å². The number of ether oxygens (including phenoxy) is 1. The van der Waals surface area contributed by atoms with Gasteiger partial charge < -0.3 is 20.7 Å². The minimum atomic E-state index is -1.33. The Morgan fingerprint density at radius 1 is 0.902 bits per heavy atom. The quantitative estimate of drug-likeness (QED) is 0.0861. The molecule has 0 bridgehead atoms. The standard InChI is InChI=1S/C34H47NO6/c1-3-4-5-16-23-34(40,30(38)25-26-18-13-12-14-19-26)24-17-11-9-7-6-8-10-15-20-28(36)31-27(33(35)39)21-22-29(37)32(31)41-2/h11-14,17-19,21-22,37,40H,3-10,15-16,20,23-25H2,1-2H3,(H2,35,39)/b17-11-/t34-/m1/s1. The molecule has 0 heterocycles. The van der Waals surface area contributed by atoms with E-state index in [-0.39, 0.29) is 47.0 Å². The molecule has 0 saturated heterocycles. The molecule has 0 aliphatic carbocycles. The summed E-state index contributed by atoms with van der Waals surface area (Å²) in [6.45, 7) is 2.14. The van der Waals surface area contributed by atoms with E-state index in [1.807, 2.05) is 36.4 Å². The fraction of sp³-hybridized carbons (Fsp3) is 0.500. The van der Waals surface area contributed by atoms with Gasteiger partial charge in [0.2, 0.25) is 5.91 Å². The molecule has 0 saturated carbocycles. The first-order valence-corrected chi connectivity index (χ1v) is 14.9. The SMILES string of the molecule is CCCCCC[C@@](O)(C/C=C\CCCCCCCC(=O)c1c(C(N)=O)ccc(O)c1OC)C(=O)Cc1ccccc1. The summed E-state index contributed by atoms with van der Waals surface area (Å²) in [6, 6.07) is 12.2. The smallest absolute Gasteiger partial charge is 0.249 e. The summed E-state index contributed by atoms with van der Waals surface area (Å²) in [6.07, 6.45) is 14.6. The summed E-state index contributed by atoms with van der Waals surface area (Å²) in [4.78, 5) is 37.6. The number of hydrogen-bond donors (Lipinski definition) is 3. The van der Waals surface area contributed by atoms with E-state index in [1.165, 1.54) is 19.2 Å². The van der Waals surface area contributed by atoms with Crippen LogP contribution in [-0.4, -0.2) is 40.4 Å². The van der Waals surface area contributed by atoms with Gasteiger partial charge in [-0.05, 0) is 43.4 Å². The summed E-state index contributed by atoms with van der Waals surface area (Å²) in [5.74, 6) is -1.36. The number of aromatic hydroxyl groups is 1. The maximum Gasteiger partial charge on any atom is 0.249 e. The summed E-state index contributed by atoms with van der Waals surface area (Å²) < 4.78 is 5.15. The number of rotatable bonds is 21. The maximum atomic E-state index is 13.1. The Morgan fingerprint density at radius 2 is 1.59 bits per heavy atom.